The van der Waals surface area contributed by atoms with Gasteiger partial charge in [-0.3, -0.25) is 0 Å². The molecule has 0 aliphatic rings. The average molecular weight is 94.1 g/mol. The average Bonchev–Trinajstić information content (AvgIpc) is 1.35. The molecule has 0 fully saturated rings. The van der Waals surface area contributed by atoms with Gasteiger partial charge in [0.05, 0.1) is 0 Å². The van der Waals surface area contributed by atoms with E-state index in [9.17, 15) is 5.11 Å². The van der Waals surface area contributed by atoms with Gasteiger partial charge in [0.2, 0.25) is 0 Å². The van der Waals surface area contributed by atoms with Crippen molar-refractivity contribution in [3.8, 4) is 0 Å². The molecule has 0 bridgehead atoms. The van der Waals surface area contributed by atoms with Gasteiger partial charge in [0, 0.05) is 0 Å². The summed E-state index contributed by atoms with van der Waals surface area (Å²) in [6.07, 6.45) is 0.715. The Hall–Kier alpha value is 0.557. The van der Waals surface area contributed by atoms with Gasteiger partial charge in [-0.05, 0) is 0 Å². The summed E-state index contributed by atoms with van der Waals surface area (Å²) in [6, 6.07) is 0. The molecule has 0 heterocycles. The monoisotopic (exact) mass is 94.1 g/mol. The molecule has 0 aromatic carbocycles. The van der Waals surface area contributed by atoms with Crippen LogP contribution >= 0.6 is 0 Å². The van der Waals surface area contributed by atoms with Crippen LogP contribution in [0, 0.1) is 0 Å². The molecule has 0 unspecified atom stereocenters. The minimum absolute atomic E-state index is 0. The smallest absolute Gasteiger partial charge is 0.850 e. The molecule has 0 saturated heterocycles. The Balaban J connectivity index is 0. The van der Waals surface area contributed by atoms with E-state index in [0.29, 0.717) is 6.42 Å². The molecule has 0 spiro atoms. The molecule has 0 aromatic heterocycles. The van der Waals surface area contributed by atoms with E-state index in [1.54, 1.807) is 13.8 Å². The molecule has 0 atom stereocenters. The van der Waals surface area contributed by atoms with Crippen molar-refractivity contribution in [3.05, 3.63) is 0 Å². The molecule has 38 valence electrons. The fraction of sp³-hybridized carbons (Fsp3) is 1.00. The van der Waals surface area contributed by atoms with Gasteiger partial charge in [0.25, 0.3) is 0 Å². The summed E-state index contributed by atoms with van der Waals surface area (Å²) in [5, 5.41) is 10.5. The van der Waals surface area contributed by atoms with E-state index in [1.165, 1.54) is 0 Å². The summed E-state index contributed by atoms with van der Waals surface area (Å²) >= 11 is 0. The summed E-state index contributed by atoms with van der Waals surface area (Å²) in [4.78, 5) is 0. The van der Waals surface area contributed by atoms with Crippen molar-refractivity contribution in [3.63, 3.8) is 0 Å². The van der Waals surface area contributed by atoms with Crippen LogP contribution in [0.4, 0.5) is 0 Å². The van der Waals surface area contributed by atoms with E-state index in [-0.39, 0.29) is 18.9 Å². The van der Waals surface area contributed by atoms with Crippen LogP contribution < -0.4 is 24.0 Å². The van der Waals surface area contributed by atoms with Gasteiger partial charge in [0.1, 0.15) is 0 Å². The van der Waals surface area contributed by atoms with Gasteiger partial charge in [-0.15, -0.1) is 5.60 Å². The standard InChI is InChI=1S/C5H11O.Li/c1-4-5(2,3)6;/h4H2,1-3H3;/q-1;+1. The fourth-order valence-corrected chi connectivity index (χ4v) is 0. The van der Waals surface area contributed by atoms with Crippen LogP contribution in [0.25, 0.3) is 0 Å². The van der Waals surface area contributed by atoms with Crippen molar-refractivity contribution >= 4 is 0 Å². The third-order valence-electron chi connectivity index (χ3n) is 0.851. The third kappa shape index (κ3) is 10.8. The maximum Gasteiger partial charge on any atom is 1.00 e. The van der Waals surface area contributed by atoms with Crippen LogP contribution in [-0.2, 0) is 0 Å². The Labute approximate surface area is 57.3 Å². The molecule has 0 aliphatic carbocycles. The van der Waals surface area contributed by atoms with Gasteiger partial charge >= 0.3 is 18.9 Å². The molecule has 2 heteroatoms. The van der Waals surface area contributed by atoms with Gasteiger partial charge in [-0.2, -0.15) is 0 Å². The fourth-order valence-electron chi connectivity index (χ4n) is 0. The maximum atomic E-state index is 10.5. The Bertz CT molecular complexity index is 37.8. The predicted octanol–water partition coefficient (Wildman–Crippen LogP) is -2.46. The normalized spacial score (nSPS) is 10.3. The third-order valence-corrected chi connectivity index (χ3v) is 0.851. The largest absolute Gasteiger partial charge is 1.00 e. The van der Waals surface area contributed by atoms with E-state index in [4.69, 9.17) is 0 Å². The van der Waals surface area contributed by atoms with Gasteiger partial charge in [-0.1, -0.05) is 27.2 Å². The number of hydrogen-bond donors (Lipinski definition) is 0. The first-order chi connectivity index (χ1) is 2.56. The summed E-state index contributed by atoms with van der Waals surface area (Å²) in [7, 11) is 0. The van der Waals surface area contributed by atoms with Gasteiger partial charge < -0.3 is 5.11 Å². The molecule has 0 aliphatic heterocycles. The molecule has 7 heavy (non-hydrogen) atoms. The topological polar surface area (TPSA) is 23.1 Å². The molecule has 0 N–H and O–H groups in total. The minimum Gasteiger partial charge on any atom is -0.850 e. The SMILES string of the molecule is CCC(C)(C)[O-].[Li+]. The first kappa shape index (κ1) is 10.5. The van der Waals surface area contributed by atoms with Gasteiger partial charge in [-0.25, -0.2) is 0 Å². The molecule has 0 saturated carbocycles. The van der Waals surface area contributed by atoms with Crippen LogP contribution in [0.5, 0.6) is 0 Å². The summed E-state index contributed by atoms with van der Waals surface area (Å²) in [5.41, 5.74) is -0.708. The second-order valence-electron chi connectivity index (χ2n) is 2.11. The minimum atomic E-state index is -0.708. The maximum absolute atomic E-state index is 10.5. The summed E-state index contributed by atoms with van der Waals surface area (Å²) < 4.78 is 0. The Morgan fingerprint density at radius 3 is 1.57 bits per heavy atom. The quantitative estimate of drug-likeness (QED) is 0.330. The zero-order valence-corrected chi connectivity index (χ0v) is 5.62. The zero-order valence-electron chi connectivity index (χ0n) is 5.62. The molecular weight excluding hydrogens is 83.0 g/mol. The van der Waals surface area contributed by atoms with Crippen LogP contribution in [0.15, 0.2) is 0 Å². The van der Waals surface area contributed by atoms with Crippen LogP contribution in [-0.4, -0.2) is 5.60 Å². The molecule has 0 aromatic rings. The van der Waals surface area contributed by atoms with Crippen molar-refractivity contribution in [2.75, 3.05) is 0 Å². The number of rotatable bonds is 1. The van der Waals surface area contributed by atoms with E-state index in [0.717, 1.165) is 0 Å². The van der Waals surface area contributed by atoms with Crippen molar-refractivity contribution < 1.29 is 24.0 Å². The van der Waals surface area contributed by atoms with Crippen LogP contribution in [0.1, 0.15) is 27.2 Å². The molecule has 0 radical (unpaired) electrons. The zero-order chi connectivity index (χ0) is 5.21. The van der Waals surface area contributed by atoms with E-state index in [1.807, 2.05) is 6.92 Å². The predicted molar refractivity (Wildman–Crippen MR) is 24.4 cm³/mol. The molecular formula is C5H11LiO. The Kier molecular flexibility index (Phi) is 5.33. The summed E-state index contributed by atoms with van der Waals surface area (Å²) in [5.74, 6) is 0. The van der Waals surface area contributed by atoms with E-state index in [2.05, 4.69) is 0 Å². The van der Waals surface area contributed by atoms with E-state index < -0.39 is 5.60 Å². The van der Waals surface area contributed by atoms with Crippen molar-refractivity contribution in [1.29, 1.82) is 0 Å². The Morgan fingerprint density at radius 2 is 1.57 bits per heavy atom. The molecule has 1 nitrogen and oxygen atoms in total. The first-order valence-corrected chi connectivity index (χ1v) is 2.26. The van der Waals surface area contributed by atoms with Crippen molar-refractivity contribution in [2.24, 2.45) is 0 Å². The van der Waals surface area contributed by atoms with Crippen molar-refractivity contribution in [1.82, 2.24) is 0 Å². The second-order valence-corrected chi connectivity index (χ2v) is 2.11. The summed E-state index contributed by atoms with van der Waals surface area (Å²) in [6.45, 7) is 5.27. The molecule has 0 amide bonds. The Morgan fingerprint density at radius 1 is 1.43 bits per heavy atom. The first-order valence-electron chi connectivity index (χ1n) is 2.26. The second kappa shape index (κ2) is 3.55. The molecule has 0 rings (SSSR count). The van der Waals surface area contributed by atoms with Crippen molar-refractivity contribution in [2.45, 2.75) is 32.8 Å². The van der Waals surface area contributed by atoms with E-state index >= 15 is 0 Å². The van der Waals surface area contributed by atoms with Crippen LogP contribution in [0.3, 0.4) is 0 Å². The van der Waals surface area contributed by atoms with Gasteiger partial charge in [0.15, 0.2) is 0 Å². The number of hydrogen-bond acceptors (Lipinski definition) is 1. The van der Waals surface area contributed by atoms with Crippen LogP contribution in [0.2, 0.25) is 0 Å².